The van der Waals surface area contributed by atoms with Gasteiger partial charge in [0, 0.05) is 24.9 Å². The summed E-state index contributed by atoms with van der Waals surface area (Å²) in [6.07, 6.45) is 2.82. The van der Waals surface area contributed by atoms with Crippen molar-refractivity contribution < 1.29 is 17.9 Å². The Bertz CT molecular complexity index is 847. The van der Waals surface area contributed by atoms with Crippen molar-refractivity contribution in [3.63, 3.8) is 0 Å². The molecule has 24 heavy (non-hydrogen) atoms. The van der Waals surface area contributed by atoms with Gasteiger partial charge in [-0.25, -0.2) is 8.42 Å². The smallest absolute Gasteiger partial charge is 0.231 e. The first-order chi connectivity index (χ1) is 11.3. The molecule has 0 aromatic heterocycles. The number of sulfonamides is 1. The maximum absolute atomic E-state index is 11.6. The van der Waals surface area contributed by atoms with Crippen molar-refractivity contribution in [2.75, 3.05) is 31.8 Å². The summed E-state index contributed by atoms with van der Waals surface area (Å²) in [4.78, 5) is 4.40. The molecular formula is C17H20N2O4S. The van der Waals surface area contributed by atoms with E-state index in [4.69, 9.17) is 9.47 Å². The predicted molar refractivity (Wildman–Crippen MR) is 96.5 cm³/mol. The van der Waals surface area contributed by atoms with Gasteiger partial charge in [-0.15, -0.1) is 0 Å². The second-order valence-electron chi connectivity index (χ2n) is 5.12. The van der Waals surface area contributed by atoms with Crippen LogP contribution in [0.4, 0.5) is 11.4 Å². The molecule has 0 unspecified atom stereocenters. The summed E-state index contributed by atoms with van der Waals surface area (Å²) in [5, 5.41) is 0. The Hall–Kier alpha value is -2.54. The van der Waals surface area contributed by atoms with Gasteiger partial charge in [-0.05, 0) is 30.3 Å². The van der Waals surface area contributed by atoms with Crippen molar-refractivity contribution in [1.29, 1.82) is 0 Å². The third-order valence-corrected chi connectivity index (χ3v) is 4.69. The average molecular weight is 348 g/mol. The zero-order valence-electron chi connectivity index (χ0n) is 14.1. The van der Waals surface area contributed by atoms with E-state index in [1.54, 1.807) is 50.8 Å². The lowest BCUT2D eigenvalue weighted by atomic mass is 10.2. The average Bonchev–Trinajstić information content (AvgIpc) is 2.58. The third kappa shape index (κ3) is 4.26. The summed E-state index contributed by atoms with van der Waals surface area (Å²) in [7, 11) is 1.36. The van der Waals surface area contributed by atoms with E-state index in [0.717, 1.165) is 11.8 Å². The SMILES string of the molecule is COc1ccc(C=Nc2cccc(N(C)S(C)(=O)=O)c2)c(OC)c1. The fourth-order valence-corrected chi connectivity index (χ4v) is 2.53. The summed E-state index contributed by atoms with van der Waals surface area (Å²) in [5.74, 6) is 1.34. The molecule has 128 valence electrons. The van der Waals surface area contributed by atoms with Crippen LogP contribution in [0.5, 0.6) is 11.5 Å². The zero-order chi connectivity index (χ0) is 17.7. The molecule has 2 rings (SSSR count). The van der Waals surface area contributed by atoms with Crippen LogP contribution in [-0.2, 0) is 10.0 Å². The highest BCUT2D eigenvalue weighted by Gasteiger charge is 2.11. The first kappa shape index (κ1) is 17.8. The van der Waals surface area contributed by atoms with E-state index in [9.17, 15) is 8.42 Å². The number of ether oxygens (including phenoxy) is 2. The molecule has 7 heteroatoms. The van der Waals surface area contributed by atoms with Gasteiger partial charge >= 0.3 is 0 Å². The fraction of sp³-hybridized carbons (Fsp3) is 0.235. The monoisotopic (exact) mass is 348 g/mol. The molecule has 0 fully saturated rings. The minimum Gasteiger partial charge on any atom is -0.497 e. The van der Waals surface area contributed by atoms with Crippen LogP contribution in [0.15, 0.2) is 47.5 Å². The van der Waals surface area contributed by atoms with Crippen LogP contribution in [0, 0.1) is 0 Å². The predicted octanol–water partition coefficient (Wildman–Crippen LogP) is 2.85. The van der Waals surface area contributed by atoms with Crippen molar-refractivity contribution >= 4 is 27.6 Å². The molecule has 0 radical (unpaired) electrons. The van der Waals surface area contributed by atoms with Gasteiger partial charge in [-0.3, -0.25) is 9.30 Å². The largest absolute Gasteiger partial charge is 0.497 e. The van der Waals surface area contributed by atoms with E-state index in [1.165, 1.54) is 11.4 Å². The number of nitrogens with zero attached hydrogens (tertiary/aromatic N) is 2. The van der Waals surface area contributed by atoms with E-state index >= 15 is 0 Å². The highest BCUT2D eigenvalue weighted by Crippen LogP contribution is 2.25. The molecule has 0 amide bonds. The molecule has 2 aromatic rings. The lowest BCUT2D eigenvalue weighted by Crippen LogP contribution is -2.24. The summed E-state index contributed by atoms with van der Waals surface area (Å²) in [5.41, 5.74) is 1.98. The second kappa shape index (κ2) is 7.35. The summed E-state index contributed by atoms with van der Waals surface area (Å²) < 4.78 is 34.9. The first-order valence-electron chi connectivity index (χ1n) is 7.15. The Kier molecular flexibility index (Phi) is 5.46. The maximum Gasteiger partial charge on any atom is 0.231 e. The first-order valence-corrected chi connectivity index (χ1v) is 9.00. The lowest BCUT2D eigenvalue weighted by Gasteiger charge is -2.16. The molecule has 0 aliphatic carbocycles. The topological polar surface area (TPSA) is 68.2 Å². The van der Waals surface area contributed by atoms with Crippen LogP contribution in [0.25, 0.3) is 0 Å². The van der Waals surface area contributed by atoms with E-state index in [1.807, 2.05) is 12.1 Å². The normalized spacial score (nSPS) is 11.5. The van der Waals surface area contributed by atoms with E-state index in [2.05, 4.69) is 4.99 Å². The molecular weight excluding hydrogens is 328 g/mol. The highest BCUT2D eigenvalue weighted by atomic mass is 32.2. The fourth-order valence-electron chi connectivity index (χ4n) is 2.03. The van der Waals surface area contributed by atoms with Gasteiger partial charge in [0.1, 0.15) is 11.5 Å². The van der Waals surface area contributed by atoms with Crippen molar-refractivity contribution in [2.24, 2.45) is 4.99 Å². The van der Waals surface area contributed by atoms with E-state index in [0.29, 0.717) is 22.9 Å². The van der Waals surface area contributed by atoms with E-state index < -0.39 is 10.0 Å². The third-order valence-electron chi connectivity index (χ3n) is 3.48. The Morgan fingerprint density at radius 1 is 1.08 bits per heavy atom. The van der Waals surface area contributed by atoms with Crippen LogP contribution >= 0.6 is 0 Å². The van der Waals surface area contributed by atoms with Gasteiger partial charge in [0.2, 0.25) is 10.0 Å². The highest BCUT2D eigenvalue weighted by molar-refractivity contribution is 7.92. The molecule has 0 saturated heterocycles. The van der Waals surface area contributed by atoms with Gasteiger partial charge in [0.15, 0.2) is 0 Å². The minimum absolute atomic E-state index is 0.550. The quantitative estimate of drug-likeness (QED) is 0.753. The van der Waals surface area contributed by atoms with E-state index in [-0.39, 0.29) is 0 Å². The Morgan fingerprint density at radius 3 is 2.46 bits per heavy atom. The molecule has 0 heterocycles. The van der Waals surface area contributed by atoms with Crippen molar-refractivity contribution in [3.8, 4) is 11.5 Å². The summed E-state index contributed by atoms with van der Waals surface area (Å²) in [6, 6.07) is 12.4. The molecule has 0 N–H and O–H groups in total. The molecule has 0 aliphatic rings. The Labute approximate surface area is 142 Å². The van der Waals surface area contributed by atoms with Gasteiger partial charge in [-0.1, -0.05) is 6.07 Å². The number of aliphatic imine (C=N–C) groups is 1. The summed E-state index contributed by atoms with van der Waals surface area (Å²) in [6.45, 7) is 0. The maximum atomic E-state index is 11.6. The number of benzene rings is 2. The van der Waals surface area contributed by atoms with Crippen molar-refractivity contribution in [1.82, 2.24) is 0 Å². The molecule has 0 atom stereocenters. The standard InChI is InChI=1S/C17H20N2O4S/c1-19(24(4,20)21)15-7-5-6-14(10-15)18-12-13-8-9-16(22-2)11-17(13)23-3/h5-12H,1-4H3. The van der Waals surface area contributed by atoms with Crippen LogP contribution in [0.2, 0.25) is 0 Å². The molecule has 6 nitrogen and oxygen atoms in total. The molecule has 0 aliphatic heterocycles. The Balaban J connectivity index is 2.30. The van der Waals surface area contributed by atoms with Crippen molar-refractivity contribution in [2.45, 2.75) is 0 Å². The van der Waals surface area contributed by atoms with Crippen LogP contribution in [0.3, 0.4) is 0 Å². The van der Waals surface area contributed by atoms with Crippen LogP contribution in [-0.4, -0.2) is 42.2 Å². The van der Waals surface area contributed by atoms with Crippen molar-refractivity contribution in [3.05, 3.63) is 48.0 Å². The minimum atomic E-state index is -3.31. The lowest BCUT2D eigenvalue weighted by molar-refractivity contribution is 0.394. The van der Waals surface area contributed by atoms with Crippen LogP contribution < -0.4 is 13.8 Å². The van der Waals surface area contributed by atoms with Crippen LogP contribution in [0.1, 0.15) is 5.56 Å². The number of hydrogen-bond acceptors (Lipinski definition) is 5. The Morgan fingerprint density at radius 2 is 1.83 bits per heavy atom. The molecule has 0 bridgehead atoms. The van der Waals surface area contributed by atoms with Gasteiger partial charge in [0.05, 0.1) is 31.9 Å². The van der Waals surface area contributed by atoms with Gasteiger partial charge in [-0.2, -0.15) is 0 Å². The number of anilines is 1. The zero-order valence-corrected chi connectivity index (χ0v) is 14.9. The molecule has 0 saturated carbocycles. The molecule has 2 aromatic carbocycles. The number of rotatable bonds is 6. The summed E-state index contributed by atoms with van der Waals surface area (Å²) >= 11 is 0. The number of methoxy groups -OCH3 is 2. The number of hydrogen-bond donors (Lipinski definition) is 0. The van der Waals surface area contributed by atoms with Gasteiger partial charge < -0.3 is 9.47 Å². The molecule has 0 spiro atoms. The van der Waals surface area contributed by atoms with Gasteiger partial charge in [0.25, 0.3) is 0 Å². The second-order valence-corrected chi connectivity index (χ2v) is 7.13.